The lowest BCUT2D eigenvalue weighted by atomic mass is 10.2. The number of fused-ring (bicyclic) bond motifs is 2. The molecule has 0 fully saturated rings. The maximum absolute atomic E-state index is 5.75. The molecule has 0 saturated carbocycles. The molecule has 2 aromatic heterocycles. The Bertz CT molecular complexity index is 941. The highest BCUT2D eigenvalue weighted by Gasteiger charge is 2.12. The molecule has 3 aromatic rings. The lowest BCUT2D eigenvalue weighted by Crippen LogP contribution is -2.03. The summed E-state index contributed by atoms with van der Waals surface area (Å²) in [5.41, 5.74) is 13.7. The lowest BCUT2D eigenvalue weighted by Gasteiger charge is -2.01. The minimum absolute atomic E-state index is 0.0706. The first kappa shape index (κ1) is 13.3. The fraction of sp³-hybridized carbons (Fsp3) is 0.0667. The largest absolute Gasteiger partial charge is 0.454 e. The molecule has 23 heavy (non-hydrogen) atoms. The highest BCUT2D eigenvalue weighted by molar-refractivity contribution is 5.83. The number of aromatic nitrogens is 4. The summed E-state index contributed by atoms with van der Waals surface area (Å²) in [5, 5.41) is 0. The van der Waals surface area contributed by atoms with Gasteiger partial charge in [0, 0.05) is 0 Å². The molecule has 0 saturated heterocycles. The van der Waals surface area contributed by atoms with E-state index in [2.05, 4.69) is 19.9 Å². The molecule has 0 aliphatic carbocycles. The van der Waals surface area contributed by atoms with Gasteiger partial charge in [0.05, 0.1) is 11.9 Å². The van der Waals surface area contributed by atoms with Crippen molar-refractivity contribution in [2.45, 2.75) is 0 Å². The number of nitrogens with zero attached hydrogens (tertiary/aromatic N) is 4. The first-order valence-corrected chi connectivity index (χ1v) is 6.82. The van der Waals surface area contributed by atoms with E-state index in [4.69, 9.17) is 20.9 Å². The van der Waals surface area contributed by atoms with Crippen LogP contribution >= 0.6 is 0 Å². The van der Waals surface area contributed by atoms with Crippen molar-refractivity contribution in [2.24, 2.45) is 0 Å². The molecule has 8 nitrogen and oxygen atoms in total. The molecule has 4 N–H and O–H groups in total. The van der Waals surface area contributed by atoms with Gasteiger partial charge in [-0.25, -0.2) is 9.97 Å². The molecule has 1 aliphatic rings. The normalized spacial score (nSPS) is 13.0. The average molecular weight is 308 g/mol. The number of anilines is 2. The maximum atomic E-state index is 5.75. The quantitative estimate of drug-likeness (QED) is 0.730. The number of rotatable bonds is 2. The fourth-order valence-electron chi connectivity index (χ4n) is 2.24. The Hall–Kier alpha value is -3.42. The van der Waals surface area contributed by atoms with Crippen LogP contribution in [0, 0.1) is 0 Å². The van der Waals surface area contributed by atoms with E-state index in [1.54, 1.807) is 6.20 Å². The van der Waals surface area contributed by atoms with E-state index >= 15 is 0 Å². The molecule has 0 unspecified atom stereocenters. The molecule has 0 spiro atoms. The number of benzene rings is 1. The maximum Gasteiger partial charge on any atom is 0.231 e. The number of ether oxygens (including phenoxy) is 2. The monoisotopic (exact) mass is 308 g/mol. The third kappa shape index (κ3) is 2.46. The molecule has 0 radical (unpaired) electrons. The van der Waals surface area contributed by atoms with Crippen LogP contribution in [-0.2, 0) is 0 Å². The highest BCUT2D eigenvalue weighted by Crippen LogP contribution is 2.32. The summed E-state index contributed by atoms with van der Waals surface area (Å²) in [5.74, 6) is 1.76. The highest BCUT2D eigenvalue weighted by atomic mass is 16.7. The zero-order chi connectivity index (χ0) is 15.8. The van der Waals surface area contributed by atoms with Gasteiger partial charge in [-0.3, -0.25) is 0 Å². The number of hydrogen-bond acceptors (Lipinski definition) is 8. The van der Waals surface area contributed by atoms with Crippen LogP contribution in [0.4, 0.5) is 11.8 Å². The van der Waals surface area contributed by atoms with Crippen molar-refractivity contribution < 1.29 is 9.47 Å². The molecule has 3 heterocycles. The Labute approximate surface area is 130 Å². The van der Waals surface area contributed by atoms with E-state index in [1.165, 1.54) is 0 Å². The second-order valence-corrected chi connectivity index (χ2v) is 4.88. The van der Waals surface area contributed by atoms with E-state index < -0.39 is 0 Å². The van der Waals surface area contributed by atoms with E-state index in [9.17, 15) is 0 Å². The standard InChI is InChI=1S/C15H12N6O2/c16-13-12-14(21-15(17)20-13)19-9(6-18-12)3-1-8-2-4-10-11(5-8)23-7-22-10/h1-6H,7H2,(H4,16,17,19,20,21)/b3-1+. The predicted octanol–water partition coefficient (Wildman–Crippen LogP) is 1.48. The zero-order valence-corrected chi connectivity index (χ0v) is 11.9. The van der Waals surface area contributed by atoms with E-state index in [1.807, 2.05) is 30.4 Å². The summed E-state index contributed by atoms with van der Waals surface area (Å²) < 4.78 is 10.6. The van der Waals surface area contributed by atoms with Gasteiger partial charge in [0.2, 0.25) is 12.7 Å². The van der Waals surface area contributed by atoms with Gasteiger partial charge in [0.25, 0.3) is 0 Å². The van der Waals surface area contributed by atoms with Gasteiger partial charge in [-0.1, -0.05) is 12.1 Å². The van der Waals surface area contributed by atoms with Crippen molar-refractivity contribution in [3.05, 3.63) is 35.7 Å². The van der Waals surface area contributed by atoms with Gasteiger partial charge < -0.3 is 20.9 Å². The molecular weight excluding hydrogens is 296 g/mol. The molecule has 0 amide bonds. The molecule has 4 rings (SSSR count). The summed E-state index contributed by atoms with van der Waals surface area (Å²) in [4.78, 5) is 16.5. The second kappa shape index (κ2) is 5.09. The predicted molar refractivity (Wildman–Crippen MR) is 85.4 cm³/mol. The van der Waals surface area contributed by atoms with Gasteiger partial charge in [-0.15, -0.1) is 0 Å². The first-order chi connectivity index (χ1) is 11.2. The Morgan fingerprint density at radius 3 is 2.78 bits per heavy atom. The van der Waals surface area contributed by atoms with Crippen molar-refractivity contribution >= 4 is 35.1 Å². The van der Waals surface area contributed by atoms with Crippen molar-refractivity contribution in [1.82, 2.24) is 19.9 Å². The fourth-order valence-corrected chi connectivity index (χ4v) is 2.24. The Balaban J connectivity index is 1.67. The third-order valence-corrected chi connectivity index (χ3v) is 3.31. The smallest absolute Gasteiger partial charge is 0.231 e. The van der Waals surface area contributed by atoms with Gasteiger partial charge in [0.15, 0.2) is 23.0 Å². The van der Waals surface area contributed by atoms with Crippen LogP contribution in [0.2, 0.25) is 0 Å². The molecular formula is C15H12N6O2. The van der Waals surface area contributed by atoms with Gasteiger partial charge in [-0.05, 0) is 23.8 Å². The molecule has 0 bridgehead atoms. The van der Waals surface area contributed by atoms with Crippen LogP contribution in [0.15, 0.2) is 24.4 Å². The van der Waals surface area contributed by atoms with Crippen LogP contribution in [0.25, 0.3) is 23.3 Å². The Morgan fingerprint density at radius 2 is 1.87 bits per heavy atom. The SMILES string of the molecule is Nc1nc(N)c2ncc(/C=C/c3ccc4c(c3)OCO4)nc2n1. The van der Waals surface area contributed by atoms with Crippen LogP contribution < -0.4 is 20.9 Å². The number of nitrogens with two attached hydrogens (primary N) is 2. The molecule has 1 aromatic carbocycles. The first-order valence-electron chi connectivity index (χ1n) is 6.82. The summed E-state index contributed by atoms with van der Waals surface area (Å²) in [6.45, 7) is 0.251. The number of nitrogen functional groups attached to an aromatic ring is 2. The van der Waals surface area contributed by atoms with Crippen LogP contribution in [-0.4, -0.2) is 26.7 Å². The second-order valence-electron chi connectivity index (χ2n) is 4.88. The van der Waals surface area contributed by atoms with Crippen molar-refractivity contribution in [3.63, 3.8) is 0 Å². The van der Waals surface area contributed by atoms with E-state index in [0.717, 1.165) is 17.1 Å². The van der Waals surface area contributed by atoms with Gasteiger partial charge in [0.1, 0.15) is 5.52 Å². The average Bonchev–Trinajstić information content (AvgIpc) is 3.00. The van der Waals surface area contributed by atoms with Crippen molar-refractivity contribution in [3.8, 4) is 11.5 Å². The van der Waals surface area contributed by atoms with Crippen LogP contribution in [0.3, 0.4) is 0 Å². The van der Waals surface area contributed by atoms with E-state index in [0.29, 0.717) is 16.9 Å². The lowest BCUT2D eigenvalue weighted by molar-refractivity contribution is 0.174. The molecule has 1 aliphatic heterocycles. The minimum atomic E-state index is 0.0706. The van der Waals surface area contributed by atoms with Gasteiger partial charge in [-0.2, -0.15) is 9.97 Å². The van der Waals surface area contributed by atoms with Crippen molar-refractivity contribution in [2.75, 3.05) is 18.3 Å². The summed E-state index contributed by atoms with van der Waals surface area (Å²) in [7, 11) is 0. The Kier molecular flexibility index (Phi) is 2.94. The molecule has 8 heteroatoms. The van der Waals surface area contributed by atoms with Gasteiger partial charge >= 0.3 is 0 Å². The Morgan fingerprint density at radius 1 is 1.00 bits per heavy atom. The summed E-state index contributed by atoms with van der Waals surface area (Å²) >= 11 is 0. The number of hydrogen-bond donors (Lipinski definition) is 2. The topological polar surface area (TPSA) is 122 Å². The molecule has 0 atom stereocenters. The van der Waals surface area contributed by atoms with Crippen LogP contribution in [0.1, 0.15) is 11.3 Å². The van der Waals surface area contributed by atoms with E-state index in [-0.39, 0.29) is 18.6 Å². The summed E-state index contributed by atoms with van der Waals surface area (Å²) in [6, 6.07) is 5.69. The third-order valence-electron chi connectivity index (χ3n) is 3.31. The minimum Gasteiger partial charge on any atom is -0.454 e. The van der Waals surface area contributed by atoms with Crippen molar-refractivity contribution in [1.29, 1.82) is 0 Å². The van der Waals surface area contributed by atoms with Crippen LogP contribution in [0.5, 0.6) is 11.5 Å². The summed E-state index contributed by atoms with van der Waals surface area (Å²) in [6.07, 6.45) is 5.31. The molecule has 114 valence electrons. The zero-order valence-electron chi connectivity index (χ0n) is 11.9.